The molecule has 0 saturated carbocycles. The maximum Gasteiger partial charge on any atom is 0.180 e. The van der Waals surface area contributed by atoms with Crippen molar-refractivity contribution < 1.29 is 4.74 Å². The lowest BCUT2D eigenvalue weighted by Crippen LogP contribution is -1.88. The summed E-state index contributed by atoms with van der Waals surface area (Å²) < 4.78 is 5.35. The quantitative estimate of drug-likeness (QED) is 0.865. The summed E-state index contributed by atoms with van der Waals surface area (Å²) in [6.07, 6.45) is 3.57. The average Bonchev–Trinajstić information content (AvgIpc) is 2.73. The Hall–Kier alpha value is -1.52. The molecule has 2 rings (SSSR count). The van der Waals surface area contributed by atoms with E-state index in [0.717, 1.165) is 10.4 Å². The molecule has 0 aliphatic heterocycles. The number of methoxy groups -OCH3 is 1. The third-order valence-corrected chi connectivity index (χ3v) is 3.28. The fraction of sp³-hybridized carbons (Fsp3) is 0.0833. The van der Waals surface area contributed by atoms with Gasteiger partial charge in [0.1, 0.15) is 5.76 Å². The first kappa shape index (κ1) is 12.0. The van der Waals surface area contributed by atoms with Gasteiger partial charge >= 0.3 is 0 Å². The summed E-state index contributed by atoms with van der Waals surface area (Å²) in [6, 6.07) is 7.52. The molecule has 0 aliphatic carbocycles. The Kier molecular flexibility index (Phi) is 3.66. The van der Waals surface area contributed by atoms with Crippen molar-refractivity contribution >= 4 is 39.9 Å². The molecule has 88 valence electrons. The summed E-state index contributed by atoms with van der Waals surface area (Å²) in [5, 5.41) is 1.18. The summed E-state index contributed by atoms with van der Waals surface area (Å²) in [6.45, 7) is 0. The maximum atomic E-state index is 6.11. The van der Waals surface area contributed by atoms with Crippen molar-refractivity contribution in [1.82, 2.24) is 4.98 Å². The predicted molar refractivity (Wildman–Crippen MR) is 72.9 cm³/mol. The SMILES string of the molecule is COC(=Cc1cnc(N)s1)c1ccccc1Cl. The topological polar surface area (TPSA) is 48.1 Å². The molecule has 2 aromatic rings. The molecule has 0 saturated heterocycles. The van der Waals surface area contributed by atoms with E-state index in [1.807, 2.05) is 30.3 Å². The highest BCUT2D eigenvalue weighted by atomic mass is 35.5. The molecule has 0 radical (unpaired) electrons. The number of benzene rings is 1. The number of nitrogens with two attached hydrogens (primary N) is 1. The molecule has 0 atom stereocenters. The zero-order chi connectivity index (χ0) is 12.3. The zero-order valence-electron chi connectivity index (χ0n) is 9.18. The van der Waals surface area contributed by atoms with Gasteiger partial charge in [-0.2, -0.15) is 0 Å². The largest absolute Gasteiger partial charge is 0.496 e. The van der Waals surface area contributed by atoms with Crippen LogP contribution in [0.15, 0.2) is 30.5 Å². The second kappa shape index (κ2) is 5.21. The summed E-state index contributed by atoms with van der Waals surface area (Å²) in [5.41, 5.74) is 6.43. The minimum absolute atomic E-state index is 0.533. The minimum atomic E-state index is 0.533. The first-order valence-corrected chi connectivity index (χ1v) is 6.12. The lowest BCUT2D eigenvalue weighted by molar-refractivity contribution is 0.373. The van der Waals surface area contributed by atoms with Gasteiger partial charge in [-0.1, -0.05) is 35.1 Å². The van der Waals surface area contributed by atoms with E-state index >= 15 is 0 Å². The molecule has 5 heteroatoms. The summed E-state index contributed by atoms with van der Waals surface area (Å²) in [4.78, 5) is 4.91. The molecule has 0 unspecified atom stereocenters. The molecule has 0 amide bonds. The van der Waals surface area contributed by atoms with Crippen molar-refractivity contribution in [1.29, 1.82) is 0 Å². The Morgan fingerprint density at radius 2 is 2.24 bits per heavy atom. The van der Waals surface area contributed by atoms with Crippen molar-refractivity contribution in [3.8, 4) is 0 Å². The zero-order valence-corrected chi connectivity index (χ0v) is 10.8. The molecule has 1 heterocycles. The van der Waals surface area contributed by atoms with Gasteiger partial charge in [-0.15, -0.1) is 0 Å². The molecular weight excluding hydrogens is 256 g/mol. The Bertz CT molecular complexity index is 551. The lowest BCUT2D eigenvalue weighted by atomic mass is 10.2. The van der Waals surface area contributed by atoms with Crippen molar-refractivity contribution in [2.45, 2.75) is 0 Å². The van der Waals surface area contributed by atoms with Gasteiger partial charge in [-0.05, 0) is 18.2 Å². The van der Waals surface area contributed by atoms with Crippen LogP contribution in [0.3, 0.4) is 0 Å². The summed E-state index contributed by atoms with van der Waals surface area (Å²) >= 11 is 7.51. The van der Waals surface area contributed by atoms with Crippen LogP contribution in [0.4, 0.5) is 5.13 Å². The van der Waals surface area contributed by atoms with Gasteiger partial charge in [-0.25, -0.2) is 4.98 Å². The normalized spacial score (nSPS) is 11.5. The Balaban J connectivity index is 2.40. The number of rotatable bonds is 3. The van der Waals surface area contributed by atoms with Gasteiger partial charge in [0.2, 0.25) is 0 Å². The predicted octanol–water partition coefficient (Wildman–Crippen LogP) is 3.52. The van der Waals surface area contributed by atoms with E-state index in [1.165, 1.54) is 11.3 Å². The van der Waals surface area contributed by atoms with Crippen molar-refractivity contribution in [3.05, 3.63) is 45.9 Å². The van der Waals surface area contributed by atoms with Crippen LogP contribution < -0.4 is 5.73 Å². The fourth-order valence-corrected chi connectivity index (χ4v) is 2.25. The number of hydrogen-bond donors (Lipinski definition) is 1. The number of hydrogen-bond acceptors (Lipinski definition) is 4. The number of anilines is 1. The summed E-state index contributed by atoms with van der Waals surface area (Å²) in [5.74, 6) is 0.694. The van der Waals surface area contributed by atoms with E-state index < -0.39 is 0 Å². The second-order valence-corrected chi connectivity index (χ2v) is 4.79. The van der Waals surface area contributed by atoms with E-state index in [-0.39, 0.29) is 0 Å². The first-order valence-electron chi connectivity index (χ1n) is 4.92. The van der Waals surface area contributed by atoms with E-state index in [4.69, 9.17) is 22.1 Å². The van der Waals surface area contributed by atoms with E-state index in [1.54, 1.807) is 13.3 Å². The van der Waals surface area contributed by atoms with Crippen molar-refractivity contribution in [2.75, 3.05) is 12.8 Å². The van der Waals surface area contributed by atoms with Gasteiger partial charge in [0, 0.05) is 11.8 Å². The van der Waals surface area contributed by atoms with Crippen LogP contribution in [-0.2, 0) is 4.74 Å². The number of nitrogen functional groups attached to an aromatic ring is 1. The molecule has 1 aromatic heterocycles. The Morgan fingerprint density at radius 3 is 2.82 bits per heavy atom. The van der Waals surface area contributed by atoms with Crippen LogP contribution in [0.25, 0.3) is 11.8 Å². The van der Waals surface area contributed by atoms with Crippen molar-refractivity contribution in [2.24, 2.45) is 0 Å². The molecule has 3 nitrogen and oxygen atoms in total. The third-order valence-electron chi connectivity index (χ3n) is 2.17. The average molecular weight is 267 g/mol. The van der Waals surface area contributed by atoms with Gasteiger partial charge in [-0.3, -0.25) is 0 Å². The standard InChI is InChI=1S/C12H11ClN2OS/c1-16-11(6-8-7-15-12(14)17-8)9-4-2-3-5-10(9)13/h2-7H,1H3,(H2,14,15). The maximum absolute atomic E-state index is 6.11. The number of aromatic nitrogens is 1. The molecule has 0 spiro atoms. The summed E-state index contributed by atoms with van der Waals surface area (Å²) in [7, 11) is 1.61. The monoisotopic (exact) mass is 266 g/mol. The number of ether oxygens (including phenoxy) is 1. The van der Waals surface area contributed by atoms with Gasteiger partial charge < -0.3 is 10.5 Å². The van der Waals surface area contributed by atoms with Crippen LogP contribution in [0.5, 0.6) is 0 Å². The molecule has 17 heavy (non-hydrogen) atoms. The third kappa shape index (κ3) is 2.78. The molecule has 2 N–H and O–H groups in total. The van der Waals surface area contributed by atoms with Gasteiger partial charge in [0.15, 0.2) is 5.13 Å². The highest BCUT2D eigenvalue weighted by Gasteiger charge is 2.07. The first-order chi connectivity index (χ1) is 8.20. The molecule has 1 aromatic carbocycles. The van der Waals surface area contributed by atoms with E-state index in [2.05, 4.69) is 4.98 Å². The number of halogens is 1. The molecule has 0 aliphatic rings. The number of nitrogens with zero attached hydrogens (tertiary/aromatic N) is 1. The fourth-order valence-electron chi connectivity index (χ4n) is 1.40. The van der Waals surface area contributed by atoms with Crippen LogP contribution in [0.1, 0.15) is 10.4 Å². The second-order valence-electron chi connectivity index (χ2n) is 3.29. The molecule has 0 fully saturated rings. The smallest absolute Gasteiger partial charge is 0.180 e. The molecule has 0 bridgehead atoms. The van der Waals surface area contributed by atoms with Crippen molar-refractivity contribution in [3.63, 3.8) is 0 Å². The molecular formula is C12H11ClN2OS. The Labute approximate surface area is 109 Å². The van der Waals surface area contributed by atoms with Gasteiger partial charge in [0.05, 0.1) is 17.0 Å². The Morgan fingerprint density at radius 1 is 1.47 bits per heavy atom. The lowest BCUT2D eigenvalue weighted by Gasteiger charge is -2.07. The highest BCUT2D eigenvalue weighted by Crippen LogP contribution is 2.27. The van der Waals surface area contributed by atoms with Gasteiger partial charge in [0.25, 0.3) is 0 Å². The van der Waals surface area contributed by atoms with E-state index in [0.29, 0.717) is 15.9 Å². The van der Waals surface area contributed by atoms with Crippen LogP contribution >= 0.6 is 22.9 Å². The highest BCUT2D eigenvalue weighted by molar-refractivity contribution is 7.16. The van der Waals surface area contributed by atoms with Crippen LogP contribution in [0, 0.1) is 0 Å². The minimum Gasteiger partial charge on any atom is -0.496 e. The van der Waals surface area contributed by atoms with Crippen LogP contribution in [-0.4, -0.2) is 12.1 Å². The van der Waals surface area contributed by atoms with E-state index in [9.17, 15) is 0 Å². The number of thiazole rings is 1. The van der Waals surface area contributed by atoms with Crippen LogP contribution in [0.2, 0.25) is 5.02 Å².